The number of likely N-dealkylation sites (N-methyl/N-ethyl adjacent to an activating group) is 1. The number of ether oxygens (including phenoxy) is 1. The number of carbonyl (C=O) groups is 2. The number of hydrogen-bond acceptors (Lipinski definition) is 3. The highest BCUT2D eigenvalue weighted by atomic mass is 16.5. The average Bonchev–Trinajstić information content (AvgIpc) is 2.74. The van der Waals surface area contributed by atoms with Crippen LogP contribution in [0.4, 0.5) is 5.69 Å². The Morgan fingerprint density at radius 2 is 1.53 bits per heavy atom. The van der Waals surface area contributed by atoms with Gasteiger partial charge in [0.15, 0.2) is 0 Å². The summed E-state index contributed by atoms with van der Waals surface area (Å²) in [5.41, 5.74) is 5.30. The summed E-state index contributed by atoms with van der Waals surface area (Å²) in [6, 6.07) is 13.3. The van der Waals surface area contributed by atoms with Gasteiger partial charge in [-0.1, -0.05) is 45.9 Å². The third-order valence-corrected chi connectivity index (χ3v) is 6.30. The zero-order valence-corrected chi connectivity index (χ0v) is 18.8. The summed E-state index contributed by atoms with van der Waals surface area (Å²) >= 11 is 0. The van der Waals surface area contributed by atoms with Crippen LogP contribution >= 0.6 is 0 Å². The fraction of sp³-hybridized carbons (Fsp3) is 0.385. The standard InChI is InChI=1S/C26H31NO3/c1-25(2)15-16-26(3,4)22-17-18(7-13-21(22)25)8-14-23(28)27(5)20-11-9-19(10-12-20)24(29)30-6/h7-14,17H,15-16H2,1-6H3. The van der Waals surface area contributed by atoms with E-state index in [0.717, 1.165) is 12.0 Å². The molecule has 2 aromatic rings. The van der Waals surface area contributed by atoms with E-state index in [0.29, 0.717) is 11.3 Å². The number of carbonyl (C=O) groups excluding carboxylic acids is 2. The van der Waals surface area contributed by atoms with E-state index in [-0.39, 0.29) is 16.7 Å². The molecule has 0 spiro atoms. The van der Waals surface area contributed by atoms with Crippen LogP contribution < -0.4 is 4.90 Å². The lowest BCUT2D eigenvalue weighted by atomic mass is 9.63. The second-order valence-corrected chi connectivity index (χ2v) is 9.34. The van der Waals surface area contributed by atoms with Crippen molar-refractivity contribution in [3.8, 4) is 0 Å². The predicted octanol–water partition coefficient (Wildman–Crippen LogP) is 5.50. The van der Waals surface area contributed by atoms with E-state index in [1.165, 1.54) is 24.7 Å². The second-order valence-electron chi connectivity index (χ2n) is 9.34. The Morgan fingerprint density at radius 1 is 0.933 bits per heavy atom. The SMILES string of the molecule is COC(=O)c1ccc(N(C)C(=O)C=Cc2ccc3c(c2)C(C)(C)CCC3(C)C)cc1. The number of fused-ring (bicyclic) bond motifs is 1. The monoisotopic (exact) mass is 405 g/mol. The van der Waals surface area contributed by atoms with Gasteiger partial charge in [-0.25, -0.2) is 4.79 Å². The molecular formula is C26H31NO3. The number of esters is 1. The van der Waals surface area contributed by atoms with E-state index in [4.69, 9.17) is 4.74 Å². The summed E-state index contributed by atoms with van der Waals surface area (Å²) in [5.74, 6) is -0.521. The summed E-state index contributed by atoms with van der Waals surface area (Å²) in [5, 5.41) is 0. The van der Waals surface area contributed by atoms with Gasteiger partial charge < -0.3 is 9.64 Å². The topological polar surface area (TPSA) is 46.6 Å². The van der Waals surface area contributed by atoms with Gasteiger partial charge in [-0.15, -0.1) is 0 Å². The van der Waals surface area contributed by atoms with Gasteiger partial charge in [-0.2, -0.15) is 0 Å². The fourth-order valence-corrected chi connectivity index (χ4v) is 4.06. The number of nitrogens with zero attached hydrogens (tertiary/aromatic N) is 1. The lowest BCUT2D eigenvalue weighted by molar-refractivity contribution is -0.113. The molecule has 3 rings (SSSR count). The molecule has 0 N–H and O–H groups in total. The third-order valence-electron chi connectivity index (χ3n) is 6.30. The van der Waals surface area contributed by atoms with Crippen LogP contribution in [0.3, 0.4) is 0 Å². The molecule has 0 saturated carbocycles. The minimum Gasteiger partial charge on any atom is -0.465 e. The van der Waals surface area contributed by atoms with E-state index in [2.05, 4.69) is 45.9 Å². The Balaban J connectivity index is 1.79. The van der Waals surface area contributed by atoms with Gasteiger partial charge in [0.25, 0.3) is 5.91 Å². The van der Waals surface area contributed by atoms with Crippen molar-refractivity contribution in [2.24, 2.45) is 0 Å². The number of anilines is 1. The molecule has 0 radical (unpaired) electrons. The number of amides is 1. The van der Waals surface area contributed by atoms with Crippen LogP contribution in [0, 0.1) is 0 Å². The summed E-state index contributed by atoms with van der Waals surface area (Å²) in [7, 11) is 3.07. The molecule has 1 aliphatic carbocycles. The zero-order chi connectivity index (χ0) is 22.1. The second kappa shape index (κ2) is 8.10. The van der Waals surface area contributed by atoms with Crippen molar-refractivity contribution in [1.29, 1.82) is 0 Å². The lowest BCUT2D eigenvalue weighted by Gasteiger charge is -2.42. The van der Waals surface area contributed by atoms with Crippen molar-refractivity contribution in [2.45, 2.75) is 51.4 Å². The van der Waals surface area contributed by atoms with Crippen molar-refractivity contribution >= 4 is 23.6 Å². The highest BCUT2D eigenvalue weighted by Gasteiger charge is 2.36. The molecule has 4 heteroatoms. The normalized spacial score (nSPS) is 16.7. The number of benzene rings is 2. The molecule has 1 amide bonds. The summed E-state index contributed by atoms with van der Waals surface area (Å²) in [4.78, 5) is 25.8. The molecule has 0 unspecified atom stereocenters. The van der Waals surface area contributed by atoms with Gasteiger partial charge in [0, 0.05) is 18.8 Å². The predicted molar refractivity (Wildman–Crippen MR) is 122 cm³/mol. The average molecular weight is 406 g/mol. The Morgan fingerprint density at radius 3 is 2.13 bits per heavy atom. The molecule has 158 valence electrons. The van der Waals surface area contributed by atoms with Gasteiger partial charge in [-0.3, -0.25) is 4.79 Å². The summed E-state index contributed by atoms with van der Waals surface area (Å²) < 4.78 is 4.71. The molecule has 1 aliphatic rings. The number of methoxy groups -OCH3 is 1. The van der Waals surface area contributed by atoms with Crippen LogP contribution in [0.15, 0.2) is 48.5 Å². The quantitative estimate of drug-likeness (QED) is 0.498. The van der Waals surface area contributed by atoms with Crippen molar-refractivity contribution in [3.05, 3.63) is 70.8 Å². The van der Waals surface area contributed by atoms with Crippen LogP contribution in [-0.2, 0) is 20.4 Å². The van der Waals surface area contributed by atoms with Gasteiger partial charge in [-0.05, 0) is 70.7 Å². The van der Waals surface area contributed by atoms with E-state index in [1.807, 2.05) is 6.08 Å². The fourth-order valence-electron chi connectivity index (χ4n) is 4.06. The Labute approximate surface area is 179 Å². The minimum absolute atomic E-state index is 0.127. The first-order valence-electron chi connectivity index (χ1n) is 10.3. The smallest absolute Gasteiger partial charge is 0.337 e. The van der Waals surface area contributed by atoms with Gasteiger partial charge in [0.1, 0.15) is 0 Å². The Bertz CT molecular complexity index is 984. The summed E-state index contributed by atoms with van der Waals surface area (Å²) in [6.45, 7) is 9.21. The molecule has 0 aliphatic heterocycles. The molecule has 0 fully saturated rings. The molecular weight excluding hydrogens is 374 g/mol. The highest BCUT2D eigenvalue weighted by molar-refractivity contribution is 6.03. The van der Waals surface area contributed by atoms with Gasteiger partial charge in [0.2, 0.25) is 0 Å². The maximum absolute atomic E-state index is 12.7. The van der Waals surface area contributed by atoms with Crippen LogP contribution in [0.25, 0.3) is 6.08 Å². The van der Waals surface area contributed by atoms with Crippen molar-refractivity contribution in [2.75, 3.05) is 19.1 Å². The first kappa shape index (κ1) is 21.8. The molecule has 0 saturated heterocycles. The Kier molecular flexibility index (Phi) is 5.89. The molecule has 0 aromatic heterocycles. The van der Waals surface area contributed by atoms with Gasteiger partial charge >= 0.3 is 5.97 Å². The zero-order valence-electron chi connectivity index (χ0n) is 18.8. The first-order valence-corrected chi connectivity index (χ1v) is 10.3. The van der Waals surface area contributed by atoms with E-state index in [1.54, 1.807) is 42.3 Å². The molecule has 4 nitrogen and oxygen atoms in total. The van der Waals surface area contributed by atoms with E-state index >= 15 is 0 Å². The van der Waals surface area contributed by atoms with Crippen molar-refractivity contribution < 1.29 is 14.3 Å². The maximum Gasteiger partial charge on any atom is 0.337 e. The molecule has 0 heterocycles. The van der Waals surface area contributed by atoms with E-state index < -0.39 is 5.97 Å². The molecule has 30 heavy (non-hydrogen) atoms. The van der Waals surface area contributed by atoms with Crippen molar-refractivity contribution in [1.82, 2.24) is 0 Å². The van der Waals surface area contributed by atoms with Crippen LogP contribution in [0.2, 0.25) is 0 Å². The van der Waals surface area contributed by atoms with Crippen LogP contribution in [0.5, 0.6) is 0 Å². The maximum atomic E-state index is 12.7. The first-order chi connectivity index (χ1) is 14.0. The van der Waals surface area contributed by atoms with Crippen LogP contribution in [0.1, 0.15) is 67.6 Å². The van der Waals surface area contributed by atoms with E-state index in [9.17, 15) is 9.59 Å². The third kappa shape index (κ3) is 4.33. The summed E-state index contributed by atoms with van der Waals surface area (Å²) in [6.07, 6.45) is 5.81. The Hall–Kier alpha value is -2.88. The molecule has 2 aromatic carbocycles. The molecule has 0 bridgehead atoms. The largest absolute Gasteiger partial charge is 0.465 e. The number of hydrogen-bond donors (Lipinski definition) is 0. The highest BCUT2D eigenvalue weighted by Crippen LogP contribution is 2.45. The number of rotatable bonds is 4. The van der Waals surface area contributed by atoms with Crippen molar-refractivity contribution in [3.63, 3.8) is 0 Å². The molecule has 0 atom stereocenters. The van der Waals surface area contributed by atoms with Crippen LogP contribution in [-0.4, -0.2) is 26.0 Å². The van der Waals surface area contributed by atoms with Gasteiger partial charge in [0.05, 0.1) is 12.7 Å². The minimum atomic E-state index is -0.395. The lowest BCUT2D eigenvalue weighted by Crippen LogP contribution is -2.33.